The quantitative estimate of drug-likeness (QED) is 0.757. The zero-order valence-electron chi connectivity index (χ0n) is 11.6. The largest absolute Gasteiger partial charge is 0.477 e. The van der Waals surface area contributed by atoms with E-state index in [-0.39, 0.29) is 0 Å². The molecule has 0 aliphatic rings. The molecule has 0 saturated carbocycles. The Morgan fingerprint density at radius 1 is 1.19 bits per heavy atom. The van der Waals surface area contributed by atoms with Gasteiger partial charge in [-0.15, -0.1) is 11.3 Å². The van der Waals surface area contributed by atoms with Crippen molar-refractivity contribution in [2.75, 3.05) is 0 Å². The van der Waals surface area contributed by atoms with Gasteiger partial charge in [-0.05, 0) is 31.5 Å². The molecule has 0 saturated heterocycles. The smallest absolute Gasteiger partial charge is 0.345 e. The summed E-state index contributed by atoms with van der Waals surface area (Å²) in [5.41, 5.74) is 2.45. The number of carboxylic acid groups (broad SMARTS) is 1. The summed E-state index contributed by atoms with van der Waals surface area (Å²) in [6.45, 7) is 4.15. The van der Waals surface area contributed by atoms with Crippen LogP contribution in [0.4, 0.5) is 0 Å². The van der Waals surface area contributed by atoms with Gasteiger partial charge in [0, 0.05) is 27.6 Å². The van der Waals surface area contributed by atoms with Gasteiger partial charge in [0.1, 0.15) is 4.88 Å². The molecule has 5 heteroatoms. The number of thiophene rings is 1. The molecular formula is C16H13NO2S2. The molecule has 0 fully saturated rings. The molecule has 3 aromatic rings. The summed E-state index contributed by atoms with van der Waals surface area (Å²) in [6, 6.07) is 8.06. The number of aromatic carboxylic acids is 1. The Morgan fingerprint density at radius 3 is 2.71 bits per heavy atom. The predicted octanol–water partition coefficient (Wildman–Crippen LogP) is 4.76. The summed E-state index contributed by atoms with van der Waals surface area (Å²) >= 11 is 2.89. The summed E-state index contributed by atoms with van der Waals surface area (Å²) in [4.78, 5) is 17.8. The first-order chi connectivity index (χ1) is 10.0. The number of aromatic nitrogens is 1. The molecule has 0 aliphatic heterocycles. The van der Waals surface area contributed by atoms with E-state index in [0.29, 0.717) is 4.88 Å². The van der Waals surface area contributed by atoms with E-state index in [4.69, 9.17) is 5.11 Å². The number of aryl methyl sites for hydroxylation is 2. The Balaban J connectivity index is 2.06. The van der Waals surface area contributed by atoms with Crippen molar-refractivity contribution in [3.05, 3.63) is 52.7 Å². The van der Waals surface area contributed by atoms with Crippen molar-refractivity contribution in [1.82, 2.24) is 4.98 Å². The Bertz CT molecular complexity index is 839. The molecule has 1 N–H and O–H groups in total. The Morgan fingerprint density at radius 2 is 2.00 bits per heavy atom. The third-order valence-electron chi connectivity index (χ3n) is 3.17. The lowest BCUT2D eigenvalue weighted by molar-refractivity contribution is 0.0702. The number of carboxylic acids is 1. The second-order valence-corrected chi connectivity index (χ2v) is 7.00. The molecule has 21 heavy (non-hydrogen) atoms. The van der Waals surface area contributed by atoms with Gasteiger partial charge < -0.3 is 5.11 Å². The van der Waals surface area contributed by atoms with Gasteiger partial charge in [-0.2, -0.15) is 0 Å². The number of rotatable bonds is 3. The Labute approximate surface area is 130 Å². The standard InChI is InChI=1S/C16H13NO2S2/c1-9-3-4-12(10(2)5-9)20-14-7-17-8-15-11(14)6-13(21-15)16(18)19/h3-8H,1-2H3,(H,18,19). The van der Waals surface area contributed by atoms with Crippen LogP contribution in [0.5, 0.6) is 0 Å². The molecule has 0 atom stereocenters. The van der Waals surface area contributed by atoms with Crippen LogP contribution in [-0.2, 0) is 0 Å². The van der Waals surface area contributed by atoms with Gasteiger partial charge in [-0.3, -0.25) is 4.98 Å². The normalized spacial score (nSPS) is 11.0. The number of carbonyl (C=O) groups is 1. The van der Waals surface area contributed by atoms with E-state index in [1.54, 1.807) is 30.2 Å². The van der Waals surface area contributed by atoms with Crippen LogP contribution in [0.15, 0.2) is 46.5 Å². The number of benzene rings is 1. The van der Waals surface area contributed by atoms with E-state index in [0.717, 1.165) is 19.9 Å². The first kappa shape index (κ1) is 14.1. The average molecular weight is 315 g/mol. The SMILES string of the molecule is Cc1ccc(Sc2cncc3sc(C(=O)O)cc23)c(C)c1. The zero-order chi connectivity index (χ0) is 15.0. The summed E-state index contributed by atoms with van der Waals surface area (Å²) in [5.74, 6) is -0.890. The second-order valence-electron chi connectivity index (χ2n) is 4.84. The van der Waals surface area contributed by atoms with Crippen molar-refractivity contribution < 1.29 is 9.90 Å². The molecule has 2 aromatic heterocycles. The van der Waals surface area contributed by atoms with E-state index in [2.05, 4.69) is 37.0 Å². The fourth-order valence-corrected chi connectivity index (χ4v) is 4.10. The van der Waals surface area contributed by atoms with E-state index in [1.165, 1.54) is 22.5 Å². The summed E-state index contributed by atoms with van der Waals surface area (Å²) in [7, 11) is 0. The van der Waals surface area contributed by atoms with Gasteiger partial charge in [0.05, 0.1) is 4.70 Å². The maximum absolute atomic E-state index is 11.1. The van der Waals surface area contributed by atoms with Gasteiger partial charge >= 0.3 is 5.97 Å². The number of hydrogen-bond donors (Lipinski definition) is 1. The highest BCUT2D eigenvalue weighted by atomic mass is 32.2. The van der Waals surface area contributed by atoms with Gasteiger partial charge in [0.2, 0.25) is 0 Å². The van der Waals surface area contributed by atoms with Crippen LogP contribution < -0.4 is 0 Å². The second kappa shape index (κ2) is 5.50. The summed E-state index contributed by atoms with van der Waals surface area (Å²) < 4.78 is 0.905. The Hall–Kier alpha value is -1.85. The van der Waals surface area contributed by atoms with Gasteiger partial charge in [0.15, 0.2) is 0 Å². The molecule has 3 rings (SSSR count). The number of nitrogens with zero attached hydrogens (tertiary/aromatic N) is 1. The van der Waals surface area contributed by atoms with Crippen LogP contribution >= 0.6 is 23.1 Å². The maximum Gasteiger partial charge on any atom is 0.345 e. The minimum absolute atomic E-state index is 0.348. The molecule has 0 amide bonds. The molecule has 0 spiro atoms. The van der Waals surface area contributed by atoms with Gasteiger partial charge in [-0.1, -0.05) is 29.5 Å². The van der Waals surface area contributed by atoms with Crippen LogP contribution in [0.25, 0.3) is 10.1 Å². The minimum Gasteiger partial charge on any atom is -0.477 e. The monoisotopic (exact) mass is 315 g/mol. The fourth-order valence-electron chi connectivity index (χ4n) is 2.15. The van der Waals surface area contributed by atoms with Crippen LogP contribution in [0.2, 0.25) is 0 Å². The lowest BCUT2D eigenvalue weighted by Gasteiger charge is -2.07. The molecule has 0 unspecified atom stereocenters. The minimum atomic E-state index is -0.890. The Kier molecular flexibility index (Phi) is 3.69. The van der Waals surface area contributed by atoms with Crippen LogP contribution in [0.3, 0.4) is 0 Å². The average Bonchev–Trinajstić information content (AvgIpc) is 2.87. The highest BCUT2D eigenvalue weighted by Crippen LogP contribution is 2.37. The first-order valence-electron chi connectivity index (χ1n) is 6.40. The van der Waals surface area contributed by atoms with Gasteiger partial charge in [0.25, 0.3) is 0 Å². The molecule has 0 radical (unpaired) electrons. The summed E-state index contributed by atoms with van der Waals surface area (Å²) in [6.07, 6.45) is 3.52. The highest BCUT2D eigenvalue weighted by molar-refractivity contribution is 7.99. The third kappa shape index (κ3) is 2.80. The molecule has 106 valence electrons. The molecule has 1 aromatic carbocycles. The zero-order valence-corrected chi connectivity index (χ0v) is 13.2. The molecule has 0 bridgehead atoms. The number of hydrogen-bond acceptors (Lipinski definition) is 4. The fraction of sp³-hybridized carbons (Fsp3) is 0.125. The number of fused-ring (bicyclic) bond motifs is 1. The molecule has 2 heterocycles. The lowest BCUT2D eigenvalue weighted by Crippen LogP contribution is -1.89. The van der Waals surface area contributed by atoms with E-state index >= 15 is 0 Å². The van der Waals surface area contributed by atoms with Crippen LogP contribution in [-0.4, -0.2) is 16.1 Å². The summed E-state index contributed by atoms with van der Waals surface area (Å²) in [5, 5.41) is 10.1. The van der Waals surface area contributed by atoms with Crippen molar-refractivity contribution >= 4 is 39.2 Å². The van der Waals surface area contributed by atoms with E-state index in [1.807, 2.05) is 0 Å². The van der Waals surface area contributed by atoms with Crippen molar-refractivity contribution in [2.24, 2.45) is 0 Å². The van der Waals surface area contributed by atoms with Crippen molar-refractivity contribution in [3.63, 3.8) is 0 Å². The van der Waals surface area contributed by atoms with Crippen molar-refractivity contribution in [3.8, 4) is 0 Å². The van der Waals surface area contributed by atoms with Gasteiger partial charge in [-0.25, -0.2) is 4.79 Å². The molecular weight excluding hydrogens is 302 g/mol. The molecule has 0 aliphatic carbocycles. The van der Waals surface area contributed by atoms with E-state index in [9.17, 15) is 4.79 Å². The lowest BCUT2D eigenvalue weighted by atomic mass is 10.2. The van der Waals surface area contributed by atoms with E-state index < -0.39 is 5.97 Å². The van der Waals surface area contributed by atoms with Crippen molar-refractivity contribution in [2.45, 2.75) is 23.6 Å². The predicted molar refractivity (Wildman–Crippen MR) is 86.6 cm³/mol. The highest BCUT2D eigenvalue weighted by Gasteiger charge is 2.13. The molecule has 3 nitrogen and oxygen atoms in total. The van der Waals surface area contributed by atoms with Crippen molar-refractivity contribution in [1.29, 1.82) is 0 Å². The topological polar surface area (TPSA) is 50.2 Å². The number of pyridine rings is 1. The van der Waals surface area contributed by atoms with Crippen LogP contribution in [0.1, 0.15) is 20.8 Å². The van der Waals surface area contributed by atoms with Crippen LogP contribution in [0, 0.1) is 13.8 Å². The first-order valence-corrected chi connectivity index (χ1v) is 8.04. The third-order valence-corrected chi connectivity index (χ3v) is 5.45. The maximum atomic E-state index is 11.1.